The number of aliphatic hydroxyl groups is 1. The molecule has 1 aliphatic rings. The van der Waals surface area contributed by atoms with Gasteiger partial charge in [0.05, 0.1) is 23.8 Å². The fraction of sp³-hybridized carbons (Fsp3) is 0.400. The van der Waals surface area contributed by atoms with Gasteiger partial charge in [0.1, 0.15) is 4.32 Å². The molecule has 0 aromatic heterocycles. The van der Waals surface area contributed by atoms with Crippen LogP contribution in [0.2, 0.25) is 0 Å². The first kappa shape index (κ1) is 16.9. The number of hydrogen-bond acceptors (Lipinski definition) is 5. The number of imide groups is 1. The topological polar surface area (TPSA) is 69.6 Å². The minimum Gasteiger partial charge on any atom is -0.390 e. The van der Waals surface area contributed by atoms with Gasteiger partial charge < -0.3 is 10.4 Å². The summed E-state index contributed by atoms with van der Waals surface area (Å²) >= 11 is 6.43. The number of carbonyl (C=O) groups is 2. The summed E-state index contributed by atoms with van der Waals surface area (Å²) in [5.41, 5.74) is 0.792. The zero-order valence-corrected chi connectivity index (χ0v) is 13.9. The number of rotatable bonds is 6. The maximum atomic E-state index is 12.2. The Bertz CT molecular complexity index is 557. The molecule has 2 rings (SSSR count). The van der Waals surface area contributed by atoms with Crippen LogP contribution in [0.5, 0.6) is 0 Å². The largest absolute Gasteiger partial charge is 0.390 e. The van der Waals surface area contributed by atoms with Crippen molar-refractivity contribution in [3.63, 3.8) is 0 Å². The molecule has 7 heteroatoms. The lowest BCUT2D eigenvalue weighted by molar-refractivity contribution is 0.0567. The molecule has 0 radical (unpaired) electrons. The van der Waals surface area contributed by atoms with E-state index in [1.165, 1.54) is 11.8 Å². The molecule has 5 nitrogen and oxygen atoms in total. The van der Waals surface area contributed by atoms with E-state index in [2.05, 4.69) is 5.32 Å². The highest BCUT2D eigenvalue weighted by molar-refractivity contribution is 8.23. The van der Waals surface area contributed by atoms with Crippen molar-refractivity contribution in [2.24, 2.45) is 0 Å². The maximum absolute atomic E-state index is 12.2. The Labute approximate surface area is 139 Å². The van der Waals surface area contributed by atoms with E-state index in [-0.39, 0.29) is 18.4 Å². The third-order valence-electron chi connectivity index (χ3n) is 3.20. The van der Waals surface area contributed by atoms with E-state index in [0.717, 1.165) is 17.9 Å². The number of nitrogens with one attached hydrogen (secondary N) is 1. The van der Waals surface area contributed by atoms with Crippen molar-refractivity contribution in [3.05, 3.63) is 35.4 Å². The van der Waals surface area contributed by atoms with Crippen LogP contribution >= 0.6 is 24.0 Å². The van der Waals surface area contributed by atoms with Crippen LogP contribution in [0, 0.1) is 0 Å². The molecule has 0 fully saturated rings. The average molecular weight is 338 g/mol. The minimum atomic E-state index is -0.811. The molecule has 0 spiro atoms. The molecule has 1 heterocycles. The molecular formula is C15H18N2O3S2. The first-order valence-electron chi connectivity index (χ1n) is 7.08. The summed E-state index contributed by atoms with van der Waals surface area (Å²) in [6.07, 6.45) is 0.159. The summed E-state index contributed by atoms with van der Waals surface area (Å²) in [4.78, 5) is 25.4. The lowest BCUT2D eigenvalue weighted by atomic mass is 10.1. The highest BCUT2D eigenvalue weighted by Crippen LogP contribution is 2.22. The fourth-order valence-corrected chi connectivity index (χ4v) is 3.08. The number of β-amino-alcohol motifs (C(OH)–C–C–N with tert-alkyl or cyclic N) is 1. The molecule has 1 aromatic carbocycles. The van der Waals surface area contributed by atoms with E-state index in [9.17, 15) is 14.7 Å². The van der Waals surface area contributed by atoms with Gasteiger partial charge in [-0.15, -0.1) is 0 Å². The first-order valence-corrected chi connectivity index (χ1v) is 8.48. The molecule has 0 bridgehead atoms. The van der Waals surface area contributed by atoms with Crippen LogP contribution in [-0.2, 0) is 0 Å². The number of aliphatic hydroxyl groups excluding tert-OH is 1. The zero-order valence-electron chi connectivity index (χ0n) is 12.2. The zero-order chi connectivity index (χ0) is 16.1. The normalized spacial score (nSPS) is 14.9. The van der Waals surface area contributed by atoms with Gasteiger partial charge >= 0.3 is 0 Å². The van der Waals surface area contributed by atoms with Gasteiger partial charge in [-0.3, -0.25) is 14.5 Å². The van der Waals surface area contributed by atoms with Crippen molar-refractivity contribution in [3.8, 4) is 0 Å². The molecular weight excluding hydrogens is 320 g/mol. The van der Waals surface area contributed by atoms with Crippen molar-refractivity contribution in [1.82, 2.24) is 10.2 Å². The van der Waals surface area contributed by atoms with Crippen molar-refractivity contribution < 1.29 is 14.7 Å². The Kier molecular flexibility index (Phi) is 5.93. The molecule has 1 atom stereocenters. The van der Waals surface area contributed by atoms with Crippen molar-refractivity contribution in [1.29, 1.82) is 0 Å². The van der Waals surface area contributed by atoms with Crippen molar-refractivity contribution in [2.45, 2.75) is 19.4 Å². The Morgan fingerprint density at radius 2 is 1.91 bits per heavy atom. The van der Waals surface area contributed by atoms with Crippen molar-refractivity contribution in [2.75, 3.05) is 18.8 Å². The van der Waals surface area contributed by atoms with Crippen LogP contribution in [0.25, 0.3) is 0 Å². The monoisotopic (exact) mass is 338 g/mol. The van der Waals surface area contributed by atoms with Crippen LogP contribution < -0.4 is 5.32 Å². The summed E-state index contributed by atoms with van der Waals surface area (Å²) in [5, 5.41) is 13.1. The molecule has 0 aliphatic carbocycles. The second kappa shape index (κ2) is 7.71. The van der Waals surface area contributed by atoms with Gasteiger partial charge in [0, 0.05) is 12.3 Å². The summed E-state index contributed by atoms with van der Waals surface area (Å²) in [7, 11) is 0. The van der Waals surface area contributed by atoms with Gasteiger partial charge in [-0.05, 0) is 18.6 Å². The Morgan fingerprint density at radius 1 is 1.32 bits per heavy atom. The average Bonchev–Trinajstić information content (AvgIpc) is 2.76. The molecule has 0 saturated carbocycles. The van der Waals surface area contributed by atoms with E-state index in [0.29, 0.717) is 21.2 Å². The van der Waals surface area contributed by atoms with Gasteiger partial charge in [-0.2, -0.15) is 0 Å². The van der Waals surface area contributed by atoms with Gasteiger partial charge in [-0.1, -0.05) is 43.0 Å². The van der Waals surface area contributed by atoms with Gasteiger partial charge in [0.15, 0.2) is 0 Å². The smallest absolute Gasteiger partial charge is 0.261 e. The van der Waals surface area contributed by atoms with E-state index in [4.69, 9.17) is 12.2 Å². The van der Waals surface area contributed by atoms with Gasteiger partial charge in [0.25, 0.3) is 11.8 Å². The first-order chi connectivity index (χ1) is 10.5. The number of benzene rings is 1. The van der Waals surface area contributed by atoms with E-state index < -0.39 is 6.10 Å². The Balaban J connectivity index is 1.88. The number of nitrogens with zero attached hydrogens (tertiary/aromatic N) is 1. The summed E-state index contributed by atoms with van der Waals surface area (Å²) in [5.74, 6) is -0.365. The lowest BCUT2D eigenvalue weighted by Crippen LogP contribution is -2.38. The molecule has 2 amide bonds. The van der Waals surface area contributed by atoms with Crippen LogP contribution in [0.4, 0.5) is 0 Å². The Morgan fingerprint density at radius 3 is 2.45 bits per heavy atom. The van der Waals surface area contributed by atoms with Gasteiger partial charge in [-0.25, -0.2) is 0 Å². The number of fused-ring (bicyclic) bond motifs is 1. The highest BCUT2D eigenvalue weighted by atomic mass is 32.2. The van der Waals surface area contributed by atoms with Crippen LogP contribution in [-0.4, -0.2) is 51.1 Å². The second-order valence-electron chi connectivity index (χ2n) is 4.95. The lowest BCUT2D eigenvalue weighted by Gasteiger charge is -2.18. The van der Waals surface area contributed by atoms with Gasteiger partial charge in [0.2, 0.25) is 0 Å². The molecule has 0 saturated heterocycles. The van der Waals surface area contributed by atoms with E-state index >= 15 is 0 Å². The maximum Gasteiger partial charge on any atom is 0.261 e. The third-order valence-corrected chi connectivity index (χ3v) is 4.65. The second-order valence-corrected chi connectivity index (χ2v) is 6.64. The quantitative estimate of drug-likeness (QED) is 0.607. The highest BCUT2D eigenvalue weighted by Gasteiger charge is 2.35. The number of amides is 2. The third kappa shape index (κ3) is 3.85. The molecule has 22 heavy (non-hydrogen) atoms. The molecule has 2 N–H and O–H groups in total. The van der Waals surface area contributed by atoms with Crippen LogP contribution in [0.1, 0.15) is 34.1 Å². The number of hydrogen-bond donors (Lipinski definition) is 2. The number of thioether (sulfide) groups is 1. The summed E-state index contributed by atoms with van der Waals surface area (Å²) in [6.45, 7) is 2.81. The molecule has 1 unspecified atom stereocenters. The minimum absolute atomic E-state index is 0.0181. The number of thiocarbonyl (C=S) groups is 1. The Hall–Kier alpha value is -1.44. The van der Waals surface area contributed by atoms with E-state index in [1.54, 1.807) is 24.3 Å². The standard InChI is InChI=1S/C15H18N2O3S2/c1-2-7-16-15(21)22-9-10(18)8-17-13(19)11-5-3-4-6-12(11)14(17)20/h3-6,10,18H,2,7-9H2,1H3,(H,16,21). The summed E-state index contributed by atoms with van der Waals surface area (Å²) in [6, 6.07) is 6.69. The van der Waals surface area contributed by atoms with Crippen LogP contribution in [0.15, 0.2) is 24.3 Å². The molecule has 1 aliphatic heterocycles. The fourth-order valence-electron chi connectivity index (χ4n) is 2.12. The molecule has 1 aromatic rings. The van der Waals surface area contributed by atoms with E-state index in [1.807, 2.05) is 6.92 Å². The number of carbonyl (C=O) groups excluding carboxylic acids is 2. The SMILES string of the molecule is CCCNC(=S)SCC(O)CN1C(=O)c2ccccc2C1=O. The predicted molar refractivity (Wildman–Crippen MR) is 91.2 cm³/mol. The summed E-state index contributed by atoms with van der Waals surface area (Å²) < 4.78 is 0.614. The molecule has 118 valence electrons. The van der Waals surface area contributed by atoms with Crippen molar-refractivity contribution >= 4 is 40.1 Å². The predicted octanol–water partition coefficient (Wildman–Crippen LogP) is 1.66. The van der Waals surface area contributed by atoms with Crippen LogP contribution in [0.3, 0.4) is 0 Å².